The highest BCUT2D eigenvalue weighted by Crippen LogP contribution is 2.29. The molecule has 2 N–H and O–H groups in total. The number of hydrogen-bond donors (Lipinski definition) is 2. The third-order valence-electron chi connectivity index (χ3n) is 5.12. The van der Waals surface area contributed by atoms with E-state index >= 15 is 0 Å². The number of benzene rings is 2. The Hall–Kier alpha value is -2.38. The van der Waals surface area contributed by atoms with Gasteiger partial charge in [-0.2, -0.15) is 0 Å². The third kappa shape index (κ3) is 5.16. The number of aryl methyl sites for hydroxylation is 1. The molecule has 1 fully saturated rings. The molecule has 0 radical (unpaired) electrons. The zero-order chi connectivity index (χ0) is 20.9. The van der Waals surface area contributed by atoms with E-state index in [1.165, 1.54) is 11.6 Å². The lowest BCUT2D eigenvalue weighted by Crippen LogP contribution is -2.28. The number of amides is 1. The average Bonchev–Trinajstić information content (AvgIpc) is 3.27. The Bertz CT molecular complexity index is 950. The maximum atomic E-state index is 12.9. The summed E-state index contributed by atoms with van der Waals surface area (Å²) in [5.41, 5.74) is 2.86. The van der Waals surface area contributed by atoms with Gasteiger partial charge < -0.3 is 10.2 Å². The van der Waals surface area contributed by atoms with Crippen LogP contribution in [0.1, 0.15) is 49.0 Å². The van der Waals surface area contributed by atoms with Crippen LogP contribution in [0.4, 0.5) is 11.4 Å². The van der Waals surface area contributed by atoms with Crippen molar-refractivity contribution in [1.82, 2.24) is 4.72 Å². The number of rotatable bonds is 8. The predicted molar refractivity (Wildman–Crippen MR) is 117 cm³/mol. The maximum Gasteiger partial charge on any atom is 0.255 e. The Labute approximate surface area is 173 Å². The molecule has 1 aliphatic heterocycles. The van der Waals surface area contributed by atoms with Gasteiger partial charge in [0.15, 0.2) is 0 Å². The van der Waals surface area contributed by atoms with Gasteiger partial charge in [-0.3, -0.25) is 4.79 Å². The van der Waals surface area contributed by atoms with E-state index in [1.807, 2.05) is 31.2 Å². The first-order valence-electron chi connectivity index (χ1n) is 10.2. The van der Waals surface area contributed by atoms with Gasteiger partial charge in [0.2, 0.25) is 10.0 Å². The summed E-state index contributed by atoms with van der Waals surface area (Å²) < 4.78 is 28.4. The van der Waals surface area contributed by atoms with Crippen LogP contribution in [0.25, 0.3) is 0 Å². The minimum Gasteiger partial charge on any atom is -0.370 e. The number of nitrogens with one attached hydrogen (secondary N) is 2. The minimum atomic E-state index is -3.70. The Morgan fingerprint density at radius 2 is 1.72 bits per heavy atom. The van der Waals surface area contributed by atoms with Crippen LogP contribution in [0.2, 0.25) is 0 Å². The molecule has 1 saturated heterocycles. The van der Waals surface area contributed by atoms with E-state index in [9.17, 15) is 13.2 Å². The van der Waals surface area contributed by atoms with Crippen molar-refractivity contribution in [3.63, 3.8) is 0 Å². The summed E-state index contributed by atoms with van der Waals surface area (Å²) >= 11 is 0. The topological polar surface area (TPSA) is 78.5 Å². The second kappa shape index (κ2) is 9.41. The van der Waals surface area contributed by atoms with Crippen molar-refractivity contribution < 1.29 is 13.2 Å². The summed E-state index contributed by atoms with van der Waals surface area (Å²) in [5.74, 6) is -0.325. The van der Waals surface area contributed by atoms with Gasteiger partial charge in [-0.1, -0.05) is 26.0 Å². The van der Waals surface area contributed by atoms with Gasteiger partial charge in [-0.05, 0) is 61.6 Å². The second-order valence-electron chi connectivity index (χ2n) is 7.28. The standard InChI is InChI=1S/C22H29N3O3S/c1-3-13-23-29(27,28)21-16-18(9-12-20(21)25-14-5-6-15-25)22(26)24-19-10-7-17(4-2)8-11-19/h7-12,16,23H,3-6,13-15H2,1-2H3,(H,24,26). The second-order valence-corrected chi connectivity index (χ2v) is 9.01. The van der Waals surface area contributed by atoms with Gasteiger partial charge in [0.1, 0.15) is 4.90 Å². The van der Waals surface area contributed by atoms with Gasteiger partial charge >= 0.3 is 0 Å². The molecule has 0 saturated carbocycles. The molecule has 156 valence electrons. The lowest BCUT2D eigenvalue weighted by atomic mass is 10.1. The molecule has 1 heterocycles. The lowest BCUT2D eigenvalue weighted by Gasteiger charge is -2.22. The van der Waals surface area contributed by atoms with Crippen molar-refractivity contribution in [3.05, 3.63) is 53.6 Å². The van der Waals surface area contributed by atoms with Crippen LogP contribution in [0.15, 0.2) is 47.4 Å². The molecule has 0 spiro atoms. The van der Waals surface area contributed by atoms with Crippen LogP contribution in [0.5, 0.6) is 0 Å². The van der Waals surface area contributed by atoms with Crippen LogP contribution in [0, 0.1) is 0 Å². The van der Waals surface area contributed by atoms with Crippen LogP contribution in [-0.2, 0) is 16.4 Å². The van der Waals surface area contributed by atoms with Crippen LogP contribution < -0.4 is 14.9 Å². The normalized spacial score (nSPS) is 14.2. The minimum absolute atomic E-state index is 0.168. The number of anilines is 2. The predicted octanol–water partition coefficient (Wildman–Crippen LogP) is 3.79. The third-order valence-corrected chi connectivity index (χ3v) is 6.61. The summed E-state index contributed by atoms with van der Waals surface area (Å²) in [4.78, 5) is 15.0. The SMILES string of the molecule is CCCNS(=O)(=O)c1cc(C(=O)Nc2ccc(CC)cc2)ccc1N1CCCC1. The summed E-state index contributed by atoms with van der Waals surface area (Å²) in [6.07, 6.45) is 3.71. The monoisotopic (exact) mass is 415 g/mol. The zero-order valence-corrected chi connectivity index (χ0v) is 17.9. The molecule has 2 aromatic carbocycles. The molecule has 0 atom stereocenters. The van der Waals surface area contributed by atoms with E-state index < -0.39 is 10.0 Å². The molecule has 0 unspecified atom stereocenters. The Morgan fingerprint density at radius 1 is 1.03 bits per heavy atom. The summed E-state index contributed by atoms with van der Waals surface area (Å²) in [7, 11) is -3.70. The van der Waals surface area contributed by atoms with Crippen LogP contribution in [0.3, 0.4) is 0 Å². The molecule has 0 aliphatic carbocycles. The molecule has 7 heteroatoms. The van der Waals surface area contributed by atoms with E-state index in [4.69, 9.17) is 0 Å². The fraction of sp³-hybridized carbons (Fsp3) is 0.409. The number of sulfonamides is 1. The van der Waals surface area contributed by atoms with E-state index in [1.54, 1.807) is 12.1 Å². The fourth-order valence-electron chi connectivity index (χ4n) is 3.43. The van der Waals surface area contributed by atoms with Gasteiger partial charge in [-0.25, -0.2) is 13.1 Å². The number of nitrogens with zero attached hydrogens (tertiary/aromatic N) is 1. The quantitative estimate of drug-likeness (QED) is 0.688. The van der Waals surface area contributed by atoms with E-state index in [-0.39, 0.29) is 10.8 Å². The lowest BCUT2D eigenvalue weighted by molar-refractivity contribution is 0.102. The largest absolute Gasteiger partial charge is 0.370 e. The first-order chi connectivity index (χ1) is 13.9. The first-order valence-corrected chi connectivity index (χ1v) is 11.7. The molecule has 1 amide bonds. The molecule has 0 aromatic heterocycles. The highest BCUT2D eigenvalue weighted by atomic mass is 32.2. The zero-order valence-electron chi connectivity index (χ0n) is 17.1. The molecule has 29 heavy (non-hydrogen) atoms. The van der Waals surface area contributed by atoms with Crippen LogP contribution in [-0.4, -0.2) is 34.0 Å². The first kappa shape index (κ1) is 21.3. The highest BCUT2D eigenvalue weighted by molar-refractivity contribution is 7.89. The molecule has 6 nitrogen and oxygen atoms in total. The van der Waals surface area contributed by atoms with Gasteiger partial charge in [0.05, 0.1) is 5.69 Å². The van der Waals surface area contributed by atoms with Crippen molar-refractivity contribution >= 4 is 27.3 Å². The molecular formula is C22H29N3O3S. The van der Waals surface area contributed by atoms with Crippen molar-refractivity contribution in [2.75, 3.05) is 29.9 Å². The van der Waals surface area contributed by atoms with Crippen molar-refractivity contribution in [2.24, 2.45) is 0 Å². The number of hydrogen-bond acceptors (Lipinski definition) is 4. The number of carbonyl (C=O) groups excluding carboxylic acids is 1. The summed E-state index contributed by atoms with van der Waals surface area (Å²) in [5, 5.41) is 2.85. The number of carbonyl (C=O) groups is 1. The van der Waals surface area contributed by atoms with Crippen molar-refractivity contribution in [3.8, 4) is 0 Å². The van der Waals surface area contributed by atoms with Crippen LogP contribution >= 0.6 is 0 Å². The Balaban J connectivity index is 1.90. The molecule has 1 aliphatic rings. The summed E-state index contributed by atoms with van der Waals surface area (Å²) in [6, 6.07) is 12.6. The summed E-state index contributed by atoms with van der Waals surface area (Å²) in [6.45, 7) is 6.00. The van der Waals surface area contributed by atoms with Crippen molar-refractivity contribution in [1.29, 1.82) is 0 Å². The highest BCUT2D eigenvalue weighted by Gasteiger charge is 2.25. The van der Waals surface area contributed by atoms with E-state index in [0.717, 1.165) is 32.4 Å². The molecule has 3 rings (SSSR count). The van der Waals surface area contributed by atoms with Gasteiger partial charge in [0, 0.05) is 30.9 Å². The Morgan fingerprint density at radius 3 is 2.34 bits per heavy atom. The van der Waals surface area contributed by atoms with Crippen molar-refractivity contribution in [2.45, 2.75) is 44.4 Å². The molecular weight excluding hydrogens is 386 g/mol. The fourth-order valence-corrected chi connectivity index (χ4v) is 4.81. The van der Waals surface area contributed by atoms with Gasteiger partial charge in [-0.15, -0.1) is 0 Å². The average molecular weight is 416 g/mol. The molecule has 2 aromatic rings. The van der Waals surface area contributed by atoms with E-state index in [2.05, 4.69) is 21.9 Å². The smallest absolute Gasteiger partial charge is 0.255 e. The van der Waals surface area contributed by atoms with E-state index in [0.29, 0.717) is 29.9 Å². The molecule has 0 bridgehead atoms. The van der Waals surface area contributed by atoms with Gasteiger partial charge in [0.25, 0.3) is 5.91 Å². The Kier molecular flexibility index (Phi) is 6.92. The maximum absolute atomic E-state index is 12.9.